The summed E-state index contributed by atoms with van der Waals surface area (Å²) in [6.45, 7) is 7.12. The molecule has 1 N–H and O–H groups in total. The van der Waals surface area contributed by atoms with Crippen molar-refractivity contribution in [3.8, 4) is 0 Å². The molecule has 2 aromatic rings. The van der Waals surface area contributed by atoms with E-state index < -0.39 is 0 Å². The summed E-state index contributed by atoms with van der Waals surface area (Å²) < 4.78 is 0. The van der Waals surface area contributed by atoms with Crippen LogP contribution in [0.15, 0.2) is 42.5 Å². The number of carbonyl (C=O) groups is 1. The number of hydrogen-bond donors (Lipinski definition) is 1. The van der Waals surface area contributed by atoms with Crippen LogP contribution in [0.4, 0.5) is 22.0 Å². The van der Waals surface area contributed by atoms with Crippen molar-refractivity contribution in [3.63, 3.8) is 0 Å². The summed E-state index contributed by atoms with van der Waals surface area (Å²) in [6.07, 6.45) is 1.19. The third kappa shape index (κ3) is 4.67. The van der Waals surface area contributed by atoms with Gasteiger partial charge in [-0.3, -0.25) is 0 Å². The molecule has 160 valence electrons. The zero-order valence-electron chi connectivity index (χ0n) is 18.2. The molecule has 2 amide bonds. The highest BCUT2D eigenvalue weighted by Crippen LogP contribution is 2.24. The predicted octanol–water partition coefficient (Wildman–Crippen LogP) is 2.88. The maximum Gasteiger partial charge on any atom is 0.321 e. The van der Waals surface area contributed by atoms with Crippen LogP contribution in [0.2, 0.25) is 0 Å². The molecule has 0 aliphatic carbocycles. The molecule has 4 rings (SSSR count). The van der Waals surface area contributed by atoms with Crippen LogP contribution in [-0.4, -0.2) is 80.2 Å². The van der Waals surface area contributed by atoms with Gasteiger partial charge in [-0.1, -0.05) is 6.07 Å². The Bertz CT molecular complexity index is 860. The first kappa shape index (κ1) is 20.5. The number of aromatic nitrogens is 1. The summed E-state index contributed by atoms with van der Waals surface area (Å²) in [4.78, 5) is 26.1. The molecule has 30 heavy (non-hydrogen) atoms. The third-order valence-corrected chi connectivity index (χ3v) is 6.14. The summed E-state index contributed by atoms with van der Waals surface area (Å²) in [5.41, 5.74) is 3.08. The smallest absolute Gasteiger partial charge is 0.321 e. The van der Waals surface area contributed by atoms with Crippen LogP contribution in [0.5, 0.6) is 0 Å². The Labute approximate surface area is 179 Å². The lowest BCUT2D eigenvalue weighted by Gasteiger charge is -2.35. The summed E-state index contributed by atoms with van der Waals surface area (Å²) in [5.74, 6) is 0.990. The van der Waals surface area contributed by atoms with Crippen molar-refractivity contribution >= 4 is 23.2 Å². The summed E-state index contributed by atoms with van der Waals surface area (Å²) >= 11 is 0. The van der Waals surface area contributed by atoms with Gasteiger partial charge in [0.05, 0.1) is 0 Å². The van der Waals surface area contributed by atoms with Crippen molar-refractivity contribution in [1.82, 2.24) is 14.8 Å². The van der Waals surface area contributed by atoms with Gasteiger partial charge in [0.1, 0.15) is 5.82 Å². The Morgan fingerprint density at radius 2 is 1.73 bits per heavy atom. The van der Waals surface area contributed by atoms with E-state index in [0.717, 1.165) is 43.4 Å². The van der Waals surface area contributed by atoms with Crippen LogP contribution in [0, 0.1) is 6.92 Å². The summed E-state index contributed by atoms with van der Waals surface area (Å²) in [7, 11) is 4.29. The zero-order valence-corrected chi connectivity index (χ0v) is 18.2. The number of amides is 2. The third-order valence-electron chi connectivity index (χ3n) is 6.14. The number of carbonyl (C=O) groups excluding carboxylic acids is 1. The average Bonchev–Trinajstić information content (AvgIpc) is 3.25. The second kappa shape index (κ2) is 8.92. The number of likely N-dealkylation sites (N-methyl/N-ethyl adjacent to an activating group) is 1. The fourth-order valence-corrected chi connectivity index (χ4v) is 4.20. The molecule has 2 saturated heterocycles. The number of urea groups is 1. The van der Waals surface area contributed by atoms with E-state index in [-0.39, 0.29) is 6.03 Å². The Hall–Kier alpha value is -2.80. The number of aryl methyl sites for hydroxylation is 1. The Kier molecular flexibility index (Phi) is 6.08. The number of nitrogens with one attached hydrogen (secondary N) is 1. The molecule has 1 aromatic carbocycles. The van der Waals surface area contributed by atoms with Crippen molar-refractivity contribution in [2.75, 3.05) is 68.5 Å². The molecular formula is C23H32N6O. The molecule has 1 atom stereocenters. The normalized spacial score (nSPS) is 19.5. The Morgan fingerprint density at radius 1 is 1.00 bits per heavy atom. The van der Waals surface area contributed by atoms with E-state index in [1.165, 1.54) is 12.1 Å². The first-order valence-corrected chi connectivity index (χ1v) is 10.8. The van der Waals surface area contributed by atoms with E-state index in [9.17, 15) is 4.79 Å². The van der Waals surface area contributed by atoms with E-state index >= 15 is 0 Å². The van der Waals surface area contributed by atoms with Crippen LogP contribution < -0.4 is 15.1 Å². The number of piperazine rings is 1. The van der Waals surface area contributed by atoms with Crippen molar-refractivity contribution < 1.29 is 4.79 Å². The second-order valence-corrected chi connectivity index (χ2v) is 8.44. The topological polar surface area (TPSA) is 55.0 Å². The van der Waals surface area contributed by atoms with Gasteiger partial charge in [0, 0.05) is 62.4 Å². The van der Waals surface area contributed by atoms with Crippen LogP contribution in [0.25, 0.3) is 0 Å². The van der Waals surface area contributed by atoms with E-state index in [0.29, 0.717) is 19.1 Å². The monoisotopic (exact) mass is 408 g/mol. The fourth-order valence-electron chi connectivity index (χ4n) is 4.20. The molecule has 2 fully saturated rings. The van der Waals surface area contributed by atoms with E-state index in [1.807, 2.05) is 42.2 Å². The van der Waals surface area contributed by atoms with Gasteiger partial charge in [-0.25, -0.2) is 9.78 Å². The second-order valence-electron chi connectivity index (χ2n) is 8.44. The lowest BCUT2D eigenvalue weighted by atomic mass is 10.2. The number of pyridine rings is 1. The maximum atomic E-state index is 12.7. The molecule has 1 unspecified atom stereocenters. The van der Waals surface area contributed by atoms with E-state index in [4.69, 9.17) is 0 Å². The SMILES string of the molecule is Cc1cccc(N2CCN(C(=O)Nc3ccc(N4CCC(N(C)C)C4)cc3)CC2)n1. The lowest BCUT2D eigenvalue weighted by Crippen LogP contribution is -2.50. The summed E-state index contributed by atoms with van der Waals surface area (Å²) in [6, 6.07) is 14.9. The molecular weight excluding hydrogens is 376 g/mol. The minimum atomic E-state index is -0.0338. The van der Waals surface area contributed by atoms with Crippen LogP contribution in [-0.2, 0) is 0 Å². The molecule has 2 aliphatic heterocycles. The average molecular weight is 409 g/mol. The highest BCUT2D eigenvalue weighted by Gasteiger charge is 2.24. The first-order valence-electron chi connectivity index (χ1n) is 10.8. The van der Waals surface area contributed by atoms with Crippen molar-refractivity contribution in [1.29, 1.82) is 0 Å². The predicted molar refractivity (Wildman–Crippen MR) is 123 cm³/mol. The molecule has 0 radical (unpaired) electrons. The lowest BCUT2D eigenvalue weighted by molar-refractivity contribution is 0.208. The molecule has 0 spiro atoms. The maximum absolute atomic E-state index is 12.7. The number of nitrogens with zero attached hydrogens (tertiary/aromatic N) is 5. The van der Waals surface area contributed by atoms with Gasteiger partial charge in [-0.05, 0) is 63.8 Å². The van der Waals surface area contributed by atoms with Gasteiger partial charge in [-0.15, -0.1) is 0 Å². The largest absolute Gasteiger partial charge is 0.370 e. The molecule has 1 aromatic heterocycles. The summed E-state index contributed by atoms with van der Waals surface area (Å²) in [5, 5.41) is 3.05. The van der Waals surface area contributed by atoms with Crippen LogP contribution in [0.3, 0.4) is 0 Å². The fraction of sp³-hybridized carbons (Fsp3) is 0.478. The van der Waals surface area contributed by atoms with Crippen molar-refractivity contribution in [2.24, 2.45) is 0 Å². The minimum Gasteiger partial charge on any atom is -0.370 e. The highest BCUT2D eigenvalue weighted by molar-refractivity contribution is 5.89. The molecule has 7 nitrogen and oxygen atoms in total. The molecule has 7 heteroatoms. The Morgan fingerprint density at radius 3 is 2.37 bits per heavy atom. The van der Waals surface area contributed by atoms with Crippen molar-refractivity contribution in [2.45, 2.75) is 19.4 Å². The van der Waals surface area contributed by atoms with Crippen LogP contribution >= 0.6 is 0 Å². The van der Waals surface area contributed by atoms with E-state index in [2.05, 4.69) is 51.2 Å². The standard InChI is InChI=1S/C23H32N6O/c1-18-5-4-6-22(24-18)27-13-15-28(16-14-27)23(30)25-19-7-9-20(10-8-19)29-12-11-21(17-29)26(2)3/h4-10,21H,11-17H2,1-3H3,(H,25,30). The number of benzene rings is 1. The number of hydrogen-bond acceptors (Lipinski definition) is 5. The quantitative estimate of drug-likeness (QED) is 0.843. The van der Waals surface area contributed by atoms with E-state index in [1.54, 1.807) is 0 Å². The molecule has 3 heterocycles. The zero-order chi connectivity index (χ0) is 21.1. The van der Waals surface area contributed by atoms with Gasteiger partial charge in [0.25, 0.3) is 0 Å². The van der Waals surface area contributed by atoms with Crippen LogP contribution in [0.1, 0.15) is 12.1 Å². The van der Waals surface area contributed by atoms with Crippen molar-refractivity contribution in [3.05, 3.63) is 48.2 Å². The van der Waals surface area contributed by atoms with Gasteiger partial charge < -0.3 is 24.9 Å². The van der Waals surface area contributed by atoms with Gasteiger partial charge in [0.2, 0.25) is 0 Å². The Balaban J connectivity index is 1.28. The molecule has 0 bridgehead atoms. The first-order chi connectivity index (χ1) is 14.5. The minimum absolute atomic E-state index is 0.0338. The van der Waals surface area contributed by atoms with Gasteiger partial charge in [-0.2, -0.15) is 0 Å². The molecule has 2 aliphatic rings. The van der Waals surface area contributed by atoms with Gasteiger partial charge in [0.15, 0.2) is 0 Å². The number of anilines is 3. The number of rotatable bonds is 4. The molecule has 0 saturated carbocycles. The van der Waals surface area contributed by atoms with Gasteiger partial charge >= 0.3 is 6.03 Å². The highest BCUT2D eigenvalue weighted by atomic mass is 16.2.